The molecule has 1 atom stereocenters. The van der Waals surface area contributed by atoms with Crippen LogP contribution in [0.3, 0.4) is 0 Å². The molecule has 0 fully saturated rings. The number of aryl methyl sites for hydroxylation is 1. The maximum atomic E-state index is 10.7. The number of aliphatic hydroxyl groups is 1. The third-order valence-corrected chi connectivity index (χ3v) is 3.72. The van der Waals surface area contributed by atoms with Crippen LogP contribution >= 0.6 is 23.2 Å². The maximum absolute atomic E-state index is 10.7. The van der Waals surface area contributed by atoms with E-state index in [0.29, 0.717) is 16.6 Å². The zero-order chi connectivity index (χ0) is 15.2. The third-order valence-electron chi connectivity index (χ3n) is 2.98. The Kier molecular flexibility index (Phi) is 6.76. The number of nitrogens with one attached hydrogen (secondary N) is 1. The third kappa shape index (κ3) is 5.67. The molecule has 0 bridgehead atoms. The van der Waals surface area contributed by atoms with E-state index in [4.69, 9.17) is 28.3 Å². The molecule has 0 aliphatic carbocycles. The standard InChI is InChI=1S/C14H19Cl2NO3/c1-14(20,13(18)19)9-17-7-3-2-4-10-5-6-11(15)12(16)8-10/h5-6,8,17,20H,2-4,7,9H2,1H3,(H,18,19). The number of unbranched alkanes of at least 4 members (excludes halogenated alkanes) is 1. The van der Waals surface area contributed by atoms with Crippen molar-refractivity contribution in [2.45, 2.75) is 31.8 Å². The summed E-state index contributed by atoms with van der Waals surface area (Å²) in [5.41, 5.74) is -0.596. The van der Waals surface area contributed by atoms with Crippen LogP contribution in [0.1, 0.15) is 25.3 Å². The first-order chi connectivity index (χ1) is 9.33. The lowest BCUT2D eigenvalue weighted by Crippen LogP contribution is -2.45. The van der Waals surface area contributed by atoms with Crippen LogP contribution in [0.4, 0.5) is 0 Å². The van der Waals surface area contributed by atoms with E-state index >= 15 is 0 Å². The second-order valence-electron chi connectivity index (χ2n) is 4.96. The molecular formula is C14H19Cl2NO3. The second-order valence-corrected chi connectivity index (χ2v) is 5.78. The molecule has 0 saturated carbocycles. The summed E-state index contributed by atoms with van der Waals surface area (Å²) in [4.78, 5) is 10.7. The fraction of sp³-hybridized carbons (Fsp3) is 0.500. The molecule has 3 N–H and O–H groups in total. The van der Waals surface area contributed by atoms with Gasteiger partial charge < -0.3 is 15.5 Å². The van der Waals surface area contributed by atoms with Crippen molar-refractivity contribution in [1.29, 1.82) is 0 Å². The minimum Gasteiger partial charge on any atom is -0.479 e. The van der Waals surface area contributed by atoms with E-state index in [-0.39, 0.29) is 6.54 Å². The van der Waals surface area contributed by atoms with E-state index in [9.17, 15) is 9.90 Å². The SMILES string of the molecule is CC(O)(CNCCCCc1ccc(Cl)c(Cl)c1)C(=O)O. The van der Waals surface area contributed by atoms with Crippen LogP contribution in [0, 0.1) is 0 Å². The predicted molar refractivity (Wildman–Crippen MR) is 80.5 cm³/mol. The molecule has 0 aliphatic heterocycles. The van der Waals surface area contributed by atoms with Crippen molar-refractivity contribution in [3.05, 3.63) is 33.8 Å². The van der Waals surface area contributed by atoms with Gasteiger partial charge in [-0.1, -0.05) is 29.3 Å². The molecule has 1 aromatic rings. The van der Waals surface area contributed by atoms with Gasteiger partial charge in [-0.2, -0.15) is 0 Å². The lowest BCUT2D eigenvalue weighted by Gasteiger charge is -2.18. The zero-order valence-corrected chi connectivity index (χ0v) is 12.8. The van der Waals surface area contributed by atoms with Gasteiger partial charge in [0.15, 0.2) is 5.60 Å². The van der Waals surface area contributed by atoms with Gasteiger partial charge in [0.05, 0.1) is 10.0 Å². The molecule has 0 heterocycles. The van der Waals surface area contributed by atoms with Crippen LogP contribution in [-0.2, 0) is 11.2 Å². The van der Waals surface area contributed by atoms with Gasteiger partial charge in [-0.3, -0.25) is 0 Å². The van der Waals surface area contributed by atoms with Crippen molar-refractivity contribution in [2.75, 3.05) is 13.1 Å². The Morgan fingerprint density at radius 3 is 2.60 bits per heavy atom. The first kappa shape index (κ1) is 17.2. The smallest absolute Gasteiger partial charge is 0.336 e. The van der Waals surface area contributed by atoms with Crippen LogP contribution in [-0.4, -0.2) is 34.9 Å². The Morgan fingerprint density at radius 2 is 2.00 bits per heavy atom. The molecule has 0 radical (unpaired) electrons. The average Bonchev–Trinajstić information content (AvgIpc) is 2.37. The lowest BCUT2D eigenvalue weighted by molar-refractivity contribution is -0.156. The van der Waals surface area contributed by atoms with Gasteiger partial charge in [0.2, 0.25) is 0 Å². The van der Waals surface area contributed by atoms with Crippen molar-refractivity contribution < 1.29 is 15.0 Å². The summed E-state index contributed by atoms with van der Waals surface area (Å²) < 4.78 is 0. The number of hydrogen-bond acceptors (Lipinski definition) is 3. The van der Waals surface area contributed by atoms with E-state index in [1.165, 1.54) is 6.92 Å². The van der Waals surface area contributed by atoms with Gasteiger partial charge in [0.1, 0.15) is 0 Å². The van der Waals surface area contributed by atoms with Crippen LogP contribution in [0.15, 0.2) is 18.2 Å². The van der Waals surface area contributed by atoms with Gasteiger partial charge in [-0.25, -0.2) is 4.79 Å². The van der Waals surface area contributed by atoms with Crippen LogP contribution < -0.4 is 5.32 Å². The van der Waals surface area contributed by atoms with Crippen molar-refractivity contribution in [3.8, 4) is 0 Å². The number of hydrogen-bond donors (Lipinski definition) is 3. The minimum absolute atomic E-state index is 0.0368. The van der Waals surface area contributed by atoms with Gasteiger partial charge in [0, 0.05) is 6.54 Å². The fourth-order valence-corrected chi connectivity index (χ4v) is 2.00. The van der Waals surface area contributed by atoms with Crippen LogP contribution in [0.5, 0.6) is 0 Å². The van der Waals surface area contributed by atoms with Gasteiger partial charge >= 0.3 is 5.97 Å². The number of rotatable bonds is 8. The summed E-state index contributed by atoms with van der Waals surface area (Å²) in [5, 5.41) is 22.3. The Labute approximate surface area is 128 Å². The summed E-state index contributed by atoms with van der Waals surface area (Å²) in [6, 6.07) is 5.57. The van der Waals surface area contributed by atoms with Gasteiger partial charge in [-0.15, -0.1) is 0 Å². The van der Waals surface area contributed by atoms with Crippen molar-refractivity contribution >= 4 is 29.2 Å². The highest BCUT2D eigenvalue weighted by Gasteiger charge is 2.28. The van der Waals surface area contributed by atoms with E-state index in [0.717, 1.165) is 24.8 Å². The fourth-order valence-electron chi connectivity index (χ4n) is 1.68. The van der Waals surface area contributed by atoms with Crippen molar-refractivity contribution in [2.24, 2.45) is 0 Å². The van der Waals surface area contributed by atoms with Crippen molar-refractivity contribution in [1.82, 2.24) is 5.32 Å². The van der Waals surface area contributed by atoms with E-state index < -0.39 is 11.6 Å². The Morgan fingerprint density at radius 1 is 1.30 bits per heavy atom. The van der Waals surface area contributed by atoms with Crippen molar-refractivity contribution in [3.63, 3.8) is 0 Å². The quantitative estimate of drug-likeness (QED) is 0.644. The normalized spacial score (nSPS) is 14.0. The lowest BCUT2D eigenvalue weighted by atomic mass is 10.1. The van der Waals surface area contributed by atoms with Gasteiger partial charge in [-0.05, 0) is 50.4 Å². The highest BCUT2D eigenvalue weighted by Crippen LogP contribution is 2.23. The largest absolute Gasteiger partial charge is 0.479 e. The highest BCUT2D eigenvalue weighted by molar-refractivity contribution is 6.42. The first-order valence-electron chi connectivity index (χ1n) is 6.43. The molecule has 1 unspecified atom stereocenters. The highest BCUT2D eigenvalue weighted by atomic mass is 35.5. The van der Waals surface area contributed by atoms with E-state index in [1.807, 2.05) is 12.1 Å². The summed E-state index contributed by atoms with van der Waals surface area (Å²) in [7, 11) is 0. The summed E-state index contributed by atoms with van der Waals surface area (Å²) in [6.45, 7) is 1.97. The number of aliphatic carboxylic acids is 1. The maximum Gasteiger partial charge on any atom is 0.336 e. The van der Waals surface area contributed by atoms with E-state index in [1.54, 1.807) is 6.07 Å². The van der Waals surface area contributed by atoms with Crippen LogP contribution in [0.25, 0.3) is 0 Å². The Hall–Kier alpha value is -0.810. The predicted octanol–water partition coefficient (Wildman–Crippen LogP) is 2.74. The molecular weight excluding hydrogens is 301 g/mol. The average molecular weight is 320 g/mol. The number of benzene rings is 1. The number of carbonyl (C=O) groups is 1. The first-order valence-corrected chi connectivity index (χ1v) is 7.19. The zero-order valence-electron chi connectivity index (χ0n) is 11.3. The molecule has 0 aromatic heterocycles. The molecule has 0 saturated heterocycles. The number of halogens is 2. The summed E-state index contributed by atoms with van der Waals surface area (Å²) >= 11 is 11.8. The minimum atomic E-state index is -1.72. The molecule has 6 heteroatoms. The molecule has 4 nitrogen and oxygen atoms in total. The van der Waals surface area contributed by atoms with E-state index in [2.05, 4.69) is 5.32 Å². The monoisotopic (exact) mass is 319 g/mol. The van der Waals surface area contributed by atoms with Crippen LogP contribution in [0.2, 0.25) is 10.0 Å². The Bertz CT molecular complexity index is 464. The second kappa shape index (κ2) is 7.84. The molecule has 0 spiro atoms. The summed E-state index contributed by atoms with van der Waals surface area (Å²) in [5.74, 6) is -1.22. The molecule has 1 rings (SSSR count). The number of carboxylic acids is 1. The molecule has 1 aromatic carbocycles. The molecule has 112 valence electrons. The number of carboxylic acid groups (broad SMARTS) is 1. The summed E-state index contributed by atoms with van der Waals surface area (Å²) in [6.07, 6.45) is 2.71. The molecule has 0 amide bonds. The van der Waals surface area contributed by atoms with Gasteiger partial charge in [0.25, 0.3) is 0 Å². The molecule has 0 aliphatic rings. The topological polar surface area (TPSA) is 69.6 Å². The Balaban J connectivity index is 2.19. The molecule has 20 heavy (non-hydrogen) atoms.